The first-order valence-corrected chi connectivity index (χ1v) is 10.9. The van der Waals surface area contributed by atoms with Crippen molar-refractivity contribution in [2.24, 2.45) is 0 Å². The third kappa shape index (κ3) is 4.77. The maximum Gasteiger partial charge on any atom is 0.323 e. The lowest BCUT2D eigenvalue weighted by Crippen LogP contribution is -2.19. The molecule has 0 unspecified atom stereocenters. The molecule has 8 heteroatoms. The molecule has 0 aliphatic carbocycles. The Hall–Kier alpha value is -4.85. The highest BCUT2D eigenvalue weighted by molar-refractivity contribution is 6.16. The molecule has 35 heavy (non-hydrogen) atoms. The predicted molar refractivity (Wildman–Crippen MR) is 133 cm³/mol. The minimum atomic E-state index is -0.565. The molecule has 5 aromatic rings. The number of urea groups is 1. The van der Waals surface area contributed by atoms with E-state index in [1.54, 1.807) is 73.3 Å². The minimum Gasteiger partial charge on any atom is -0.345 e. The van der Waals surface area contributed by atoms with Crippen LogP contribution < -0.4 is 10.6 Å². The molecule has 0 spiro atoms. The maximum atomic E-state index is 13.3. The first kappa shape index (κ1) is 22.0. The number of aromatic nitrogens is 3. The van der Waals surface area contributed by atoms with Crippen molar-refractivity contribution >= 4 is 34.2 Å². The van der Waals surface area contributed by atoms with Crippen LogP contribution in [0, 0.1) is 0 Å². The highest BCUT2D eigenvalue weighted by Gasteiger charge is 2.16. The van der Waals surface area contributed by atoms with Crippen LogP contribution in [0.4, 0.5) is 20.6 Å². The number of halogens is 1. The summed E-state index contributed by atoms with van der Waals surface area (Å²) in [5.74, 6) is -0.202. The summed E-state index contributed by atoms with van der Waals surface area (Å²) >= 11 is 0. The number of aromatic amines is 1. The van der Waals surface area contributed by atoms with E-state index in [9.17, 15) is 14.0 Å². The number of carbonyl (C=O) groups excluding carboxylic acids is 2. The van der Waals surface area contributed by atoms with E-state index in [0.29, 0.717) is 39.1 Å². The second kappa shape index (κ2) is 9.56. The summed E-state index contributed by atoms with van der Waals surface area (Å²) in [6, 6.07) is 18.4. The van der Waals surface area contributed by atoms with Gasteiger partial charge in [-0.3, -0.25) is 9.78 Å². The van der Waals surface area contributed by atoms with Crippen molar-refractivity contribution in [2.75, 3.05) is 10.6 Å². The summed E-state index contributed by atoms with van der Waals surface area (Å²) in [5, 5.41) is 6.11. The van der Waals surface area contributed by atoms with Gasteiger partial charge in [0.2, 0.25) is 0 Å². The number of fused-ring (bicyclic) bond motifs is 1. The summed E-state index contributed by atoms with van der Waals surface area (Å²) in [6.45, 7) is -0.565. The van der Waals surface area contributed by atoms with Gasteiger partial charge in [0.15, 0.2) is 5.78 Å². The summed E-state index contributed by atoms with van der Waals surface area (Å²) in [5.41, 5.74) is 4.78. The molecule has 0 bridgehead atoms. The maximum absolute atomic E-state index is 13.3. The number of hydrogen-bond acceptors (Lipinski definition) is 4. The number of amides is 2. The fraction of sp³-hybridized carbons (Fsp3) is 0.0370. The molecule has 2 amide bonds. The molecule has 3 aromatic heterocycles. The van der Waals surface area contributed by atoms with Gasteiger partial charge < -0.3 is 15.6 Å². The smallest absolute Gasteiger partial charge is 0.323 e. The van der Waals surface area contributed by atoms with E-state index in [1.807, 2.05) is 18.2 Å². The van der Waals surface area contributed by atoms with Crippen LogP contribution in [-0.4, -0.2) is 26.8 Å². The molecule has 0 atom stereocenters. The van der Waals surface area contributed by atoms with Crippen LogP contribution in [0.1, 0.15) is 21.5 Å². The Morgan fingerprint density at radius 1 is 0.886 bits per heavy atom. The Kier molecular flexibility index (Phi) is 6.00. The van der Waals surface area contributed by atoms with Crippen LogP contribution in [-0.2, 0) is 6.67 Å². The Balaban J connectivity index is 1.36. The number of nitrogens with zero attached hydrogens (tertiary/aromatic N) is 2. The van der Waals surface area contributed by atoms with E-state index < -0.39 is 12.7 Å². The summed E-state index contributed by atoms with van der Waals surface area (Å²) in [4.78, 5) is 37.4. The lowest BCUT2D eigenvalue weighted by molar-refractivity contribution is 0.104. The van der Waals surface area contributed by atoms with Crippen LogP contribution in [0.2, 0.25) is 0 Å². The van der Waals surface area contributed by atoms with E-state index in [0.717, 1.165) is 11.1 Å². The molecule has 0 radical (unpaired) electrons. The molecule has 0 aliphatic heterocycles. The van der Waals surface area contributed by atoms with Gasteiger partial charge in [0.25, 0.3) is 0 Å². The molecule has 0 fully saturated rings. The molecule has 3 N–H and O–H groups in total. The molecule has 3 heterocycles. The van der Waals surface area contributed by atoms with Gasteiger partial charge in [-0.1, -0.05) is 30.3 Å². The van der Waals surface area contributed by atoms with E-state index >= 15 is 0 Å². The van der Waals surface area contributed by atoms with Crippen molar-refractivity contribution in [3.8, 4) is 11.1 Å². The number of H-pyrrole nitrogens is 1. The SMILES string of the molecule is O=C(Nc1ccc(CF)cc1)Nc1cccc(C(=O)c2c[nH]c3ncc(-c4cccnc4)cc23)c1. The van der Waals surface area contributed by atoms with Gasteiger partial charge in [-0.25, -0.2) is 14.2 Å². The second-order valence-electron chi connectivity index (χ2n) is 7.88. The number of anilines is 2. The van der Waals surface area contributed by atoms with Crippen LogP contribution in [0.25, 0.3) is 22.2 Å². The molecule has 0 aliphatic rings. The van der Waals surface area contributed by atoms with Crippen molar-refractivity contribution in [3.05, 3.63) is 108 Å². The first-order valence-electron chi connectivity index (χ1n) is 10.9. The van der Waals surface area contributed by atoms with Gasteiger partial charge in [-0.05, 0) is 42.0 Å². The normalized spacial score (nSPS) is 10.8. The minimum absolute atomic E-state index is 0.202. The largest absolute Gasteiger partial charge is 0.345 e. The Labute approximate surface area is 200 Å². The molecule has 7 nitrogen and oxygen atoms in total. The number of ketones is 1. The van der Waals surface area contributed by atoms with Crippen LogP contribution in [0.15, 0.2) is 91.5 Å². The third-order valence-electron chi connectivity index (χ3n) is 5.52. The monoisotopic (exact) mass is 465 g/mol. The van der Waals surface area contributed by atoms with Gasteiger partial charge in [-0.2, -0.15) is 0 Å². The number of hydrogen-bond donors (Lipinski definition) is 3. The lowest BCUT2D eigenvalue weighted by Gasteiger charge is -2.09. The quantitative estimate of drug-likeness (QED) is 0.269. The van der Waals surface area contributed by atoms with Crippen LogP contribution >= 0.6 is 0 Å². The third-order valence-corrected chi connectivity index (χ3v) is 5.52. The highest BCUT2D eigenvalue weighted by Crippen LogP contribution is 2.26. The van der Waals surface area contributed by atoms with Crippen molar-refractivity contribution in [2.45, 2.75) is 6.67 Å². The van der Waals surface area contributed by atoms with Crippen molar-refractivity contribution in [3.63, 3.8) is 0 Å². The summed E-state index contributed by atoms with van der Waals surface area (Å²) in [7, 11) is 0. The fourth-order valence-electron chi connectivity index (χ4n) is 3.75. The zero-order chi connectivity index (χ0) is 24.2. The molecular formula is C27H20FN5O2. The topological polar surface area (TPSA) is 99.8 Å². The number of carbonyl (C=O) groups is 2. The number of rotatable bonds is 6. The molecule has 0 saturated heterocycles. The molecular weight excluding hydrogens is 445 g/mol. The Bertz CT molecular complexity index is 1510. The first-order chi connectivity index (χ1) is 17.1. The second-order valence-corrected chi connectivity index (χ2v) is 7.88. The van der Waals surface area contributed by atoms with Gasteiger partial charge in [0.1, 0.15) is 12.3 Å². The van der Waals surface area contributed by atoms with Crippen molar-refractivity contribution in [1.82, 2.24) is 15.0 Å². The zero-order valence-corrected chi connectivity index (χ0v) is 18.5. The number of pyridine rings is 2. The Morgan fingerprint density at radius 2 is 1.71 bits per heavy atom. The zero-order valence-electron chi connectivity index (χ0n) is 18.5. The number of nitrogens with one attached hydrogen (secondary N) is 3. The lowest BCUT2D eigenvalue weighted by atomic mass is 10.0. The number of benzene rings is 2. The number of alkyl halides is 1. The van der Waals surface area contributed by atoms with Crippen LogP contribution in [0.5, 0.6) is 0 Å². The average Bonchev–Trinajstić information content (AvgIpc) is 3.32. The van der Waals surface area contributed by atoms with Gasteiger partial charge in [-0.15, -0.1) is 0 Å². The van der Waals surface area contributed by atoms with E-state index in [2.05, 4.69) is 25.6 Å². The van der Waals surface area contributed by atoms with E-state index in [1.165, 1.54) is 0 Å². The molecule has 0 saturated carbocycles. The summed E-state index contributed by atoms with van der Waals surface area (Å²) in [6.07, 6.45) is 6.82. The predicted octanol–water partition coefficient (Wildman–Crippen LogP) is 5.97. The molecule has 2 aromatic carbocycles. The van der Waals surface area contributed by atoms with E-state index in [4.69, 9.17) is 0 Å². The Morgan fingerprint density at radius 3 is 2.49 bits per heavy atom. The van der Waals surface area contributed by atoms with Crippen molar-refractivity contribution in [1.29, 1.82) is 0 Å². The average molecular weight is 465 g/mol. The van der Waals surface area contributed by atoms with Gasteiger partial charge in [0.05, 0.1) is 0 Å². The van der Waals surface area contributed by atoms with Crippen molar-refractivity contribution < 1.29 is 14.0 Å². The fourth-order valence-corrected chi connectivity index (χ4v) is 3.75. The highest BCUT2D eigenvalue weighted by atomic mass is 19.1. The van der Waals surface area contributed by atoms with Gasteiger partial charge >= 0.3 is 6.03 Å². The van der Waals surface area contributed by atoms with Crippen LogP contribution in [0.3, 0.4) is 0 Å². The molecule has 5 rings (SSSR count). The standard InChI is InChI=1S/C27H20FN5O2/c28-13-17-6-8-21(9-7-17)32-27(35)33-22-5-1-3-18(11-22)25(34)24-16-31-26-23(24)12-20(15-30-26)19-4-2-10-29-14-19/h1-12,14-16H,13H2,(H,30,31)(H2,32,33,35). The molecule has 172 valence electrons. The van der Waals surface area contributed by atoms with Gasteiger partial charge in [0, 0.05) is 63.8 Å². The summed E-state index contributed by atoms with van der Waals surface area (Å²) < 4.78 is 12.7. The van der Waals surface area contributed by atoms with E-state index in [-0.39, 0.29) is 5.78 Å².